The number of rotatable bonds is 4. The topological polar surface area (TPSA) is 42.0 Å². The zero-order valence-electron chi connectivity index (χ0n) is 9.32. The van der Waals surface area contributed by atoms with Gasteiger partial charge in [-0.25, -0.2) is 4.98 Å². The van der Waals surface area contributed by atoms with Crippen LogP contribution in [0.1, 0.15) is 11.3 Å². The normalized spacial score (nSPS) is 10.3. The first-order chi connectivity index (χ1) is 8.69. The van der Waals surface area contributed by atoms with Crippen LogP contribution in [0, 0.1) is 0 Å². The standard InChI is InChI=1S/C12H10Cl2N2OS/c13-6-9-7-18-12(15-9)16-11(17)5-8-3-1-2-4-10(8)14/h1-4,7H,5-6H2,(H,15,16,17). The molecule has 0 aliphatic carbocycles. The predicted octanol–water partition coefficient (Wildman–Crippen LogP) is 3.72. The third kappa shape index (κ3) is 3.45. The highest BCUT2D eigenvalue weighted by molar-refractivity contribution is 7.13. The Hall–Kier alpha value is -1.10. The molecule has 0 saturated carbocycles. The van der Waals surface area contributed by atoms with Crippen molar-refractivity contribution in [1.29, 1.82) is 0 Å². The number of hydrogen-bond acceptors (Lipinski definition) is 3. The lowest BCUT2D eigenvalue weighted by Crippen LogP contribution is -2.14. The summed E-state index contributed by atoms with van der Waals surface area (Å²) < 4.78 is 0. The lowest BCUT2D eigenvalue weighted by Gasteiger charge is -2.03. The van der Waals surface area contributed by atoms with Crippen LogP contribution < -0.4 is 5.32 Å². The minimum atomic E-state index is -0.140. The van der Waals surface area contributed by atoms with Crippen molar-refractivity contribution in [3.05, 3.63) is 45.9 Å². The molecule has 0 atom stereocenters. The van der Waals surface area contributed by atoms with E-state index in [1.54, 1.807) is 6.07 Å². The van der Waals surface area contributed by atoms with Gasteiger partial charge in [0, 0.05) is 10.4 Å². The molecular formula is C12H10Cl2N2OS. The van der Waals surface area contributed by atoms with Crippen molar-refractivity contribution in [3.8, 4) is 0 Å². The summed E-state index contributed by atoms with van der Waals surface area (Å²) in [7, 11) is 0. The molecule has 0 aliphatic heterocycles. The van der Waals surface area contributed by atoms with E-state index in [2.05, 4.69) is 10.3 Å². The van der Waals surface area contributed by atoms with E-state index in [9.17, 15) is 4.79 Å². The van der Waals surface area contributed by atoms with E-state index in [1.165, 1.54) is 11.3 Å². The zero-order chi connectivity index (χ0) is 13.0. The Bertz CT molecular complexity index is 557. The first-order valence-electron chi connectivity index (χ1n) is 5.22. The van der Waals surface area contributed by atoms with Crippen molar-refractivity contribution < 1.29 is 4.79 Å². The van der Waals surface area contributed by atoms with Gasteiger partial charge in [0.2, 0.25) is 5.91 Å². The van der Waals surface area contributed by atoms with Gasteiger partial charge < -0.3 is 5.32 Å². The minimum Gasteiger partial charge on any atom is -0.302 e. The molecule has 1 aromatic carbocycles. The van der Waals surface area contributed by atoms with Gasteiger partial charge in [-0.2, -0.15) is 0 Å². The molecule has 94 valence electrons. The summed E-state index contributed by atoms with van der Waals surface area (Å²) in [5, 5.41) is 5.69. The lowest BCUT2D eigenvalue weighted by molar-refractivity contribution is -0.115. The number of hydrogen-bond donors (Lipinski definition) is 1. The average molecular weight is 301 g/mol. The number of anilines is 1. The second kappa shape index (κ2) is 6.18. The van der Waals surface area contributed by atoms with Crippen molar-refractivity contribution in [2.45, 2.75) is 12.3 Å². The molecule has 1 heterocycles. The van der Waals surface area contributed by atoms with E-state index in [1.807, 2.05) is 23.6 Å². The number of amides is 1. The highest BCUT2D eigenvalue weighted by atomic mass is 35.5. The third-order valence-electron chi connectivity index (χ3n) is 2.24. The summed E-state index contributed by atoms with van der Waals surface area (Å²) in [5.74, 6) is 0.204. The van der Waals surface area contributed by atoms with Crippen LogP contribution in [0.2, 0.25) is 5.02 Å². The van der Waals surface area contributed by atoms with Gasteiger partial charge in [-0.15, -0.1) is 22.9 Å². The van der Waals surface area contributed by atoms with Crippen LogP contribution in [0.3, 0.4) is 0 Å². The van der Waals surface area contributed by atoms with Gasteiger partial charge in [-0.05, 0) is 11.6 Å². The summed E-state index contributed by atoms with van der Waals surface area (Å²) in [6.07, 6.45) is 0.232. The molecule has 2 aromatic rings. The van der Waals surface area contributed by atoms with E-state index in [-0.39, 0.29) is 12.3 Å². The molecule has 18 heavy (non-hydrogen) atoms. The third-order valence-corrected chi connectivity index (χ3v) is 3.69. The highest BCUT2D eigenvalue weighted by Crippen LogP contribution is 2.19. The Balaban J connectivity index is 1.99. The van der Waals surface area contributed by atoms with Crippen LogP contribution in [0.25, 0.3) is 0 Å². The van der Waals surface area contributed by atoms with Crippen LogP contribution in [0.4, 0.5) is 5.13 Å². The fraction of sp³-hybridized carbons (Fsp3) is 0.167. The number of thiazole rings is 1. The molecule has 1 aromatic heterocycles. The number of benzene rings is 1. The summed E-state index contributed by atoms with van der Waals surface area (Å²) in [4.78, 5) is 16.0. The van der Waals surface area contributed by atoms with Crippen molar-refractivity contribution in [3.63, 3.8) is 0 Å². The molecule has 6 heteroatoms. The van der Waals surface area contributed by atoms with Crippen molar-refractivity contribution in [1.82, 2.24) is 4.98 Å². The summed E-state index contributed by atoms with van der Waals surface area (Å²) in [6, 6.07) is 7.27. The molecule has 0 saturated heterocycles. The van der Waals surface area contributed by atoms with Gasteiger partial charge in [0.05, 0.1) is 18.0 Å². The fourth-order valence-corrected chi connectivity index (χ4v) is 2.56. The Morgan fingerprint density at radius 2 is 2.17 bits per heavy atom. The van der Waals surface area contributed by atoms with Crippen molar-refractivity contribution in [2.24, 2.45) is 0 Å². The van der Waals surface area contributed by atoms with E-state index in [0.29, 0.717) is 16.0 Å². The molecular weight excluding hydrogens is 291 g/mol. The van der Waals surface area contributed by atoms with E-state index in [0.717, 1.165) is 11.3 Å². The van der Waals surface area contributed by atoms with Gasteiger partial charge in [0.15, 0.2) is 5.13 Å². The second-order valence-corrected chi connectivity index (χ2v) is 5.13. The molecule has 0 spiro atoms. The zero-order valence-corrected chi connectivity index (χ0v) is 11.6. The Kier molecular flexibility index (Phi) is 4.58. The SMILES string of the molecule is O=C(Cc1ccccc1Cl)Nc1nc(CCl)cs1. The molecule has 0 aliphatic rings. The number of nitrogens with zero attached hydrogens (tertiary/aromatic N) is 1. The van der Waals surface area contributed by atoms with Gasteiger partial charge >= 0.3 is 0 Å². The quantitative estimate of drug-likeness (QED) is 0.875. The first kappa shape index (κ1) is 13.3. The maximum Gasteiger partial charge on any atom is 0.230 e. The summed E-state index contributed by atoms with van der Waals surface area (Å²) >= 11 is 13.0. The molecule has 0 unspecified atom stereocenters. The Labute approximate surface area is 119 Å². The number of carbonyl (C=O) groups excluding carboxylic acids is 1. The molecule has 1 N–H and O–H groups in total. The summed E-state index contributed by atoms with van der Waals surface area (Å²) in [6.45, 7) is 0. The molecule has 0 radical (unpaired) electrons. The lowest BCUT2D eigenvalue weighted by atomic mass is 10.1. The van der Waals surface area contributed by atoms with Crippen LogP contribution in [-0.4, -0.2) is 10.9 Å². The molecule has 2 rings (SSSR count). The van der Waals surface area contributed by atoms with Crippen molar-refractivity contribution >= 4 is 45.6 Å². The smallest absolute Gasteiger partial charge is 0.230 e. The molecule has 0 fully saturated rings. The first-order valence-corrected chi connectivity index (χ1v) is 7.02. The Morgan fingerprint density at radius 3 is 2.83 bits per heavy atom. The van der Waals surface area contributed by atoms with Gasteiger partial charge in [0.25, 0.3) is 0 Å². The van der Waals surface area contributed by atoms with E-state index < -0.39 is 0 Å². The number of halogens is 2. The van der Waals surface area contributed by atoms with E-state index >= 15 is 0 Å². The predicted molar refractivity (Wildman–Crippen MR) is 75.5 cm³/mol. The summed E-state index contributed by atoms with van der Waals surface area (Å²) in [5.41, 5.74) is 1.56. The maximum atomic E-state index is 11.8. The van der Waals surface area contributed by atoms with Crippen LogP contribution >= 0.6 is 34.5 Å². The number of nitrogens with one attached hydrogen (secondary N) is 1. The molecule has 3 nitrogen and oxygen atoms in total. The molecule has 0 bridgehead atoms. The van der Waals surface area contributed by atoms with Gasteiger partial charge in [-0.3, -0.25) is 4.79 Å². The van der Waals surface area contributed by atoms with E-state index in [4.69, 9.17) is 23.2 Å². The van der Waals surface area contributed by atoms with Crippen LogP contribution in [0.5, 0.6) is 0 Å². The van der Waals surface area contributed by atoms with Gasteiger partial charge in [-0.1, -0.05) is 29.8 Å². The fourth-order valence-electron chi connectivity index (χ4n) is 1.40. The van der Waals surface area contributed by atoms with Gasteiger partial charge in [0.1, 0.15) is 0 Å². The number of alkyl halides is 1. The second-order valence-electron chi connectivity index (χ2n) is 3.59. The van der Waals surface area contributed by atoms with Crippen molar-refractivity contribution in [2.75, 3.05) is 5.32 Å². The minimum absolute atomic E-state index is 0.140. The highest BCUT2D eigenvalue weighted by Gasteiger charge is 2.09. The van der Waals surface area contributed by atoms with Crippen LogP contribution in [0.15, 0.2) is 29.6 Å². The monoisotopic (exact) mass is 300 g/mol. The van der Waals surface area contributed by atoms with Crippen LogP contribution in [-0.2, 0) is 17.1 Å². The number of carbonyl (C=O) groups is 1. The maximum absolute atomic E-state index is 11.8. The average Bonchev–Trinajstić information content (AvgIpc) is 2.80. The molecule has 1 amide bonds. The number of aromatic nitrogens is 1. The Morgan fingerprint density at radius 1 is 1.39 bits per heavy atom. The largest absolute Gasteiger partial charge is 0.302 e.